The average Bonchev–Trinajstić information content (AvgIpc) is 3.11. The van der Waals surface area contributed by atoms with Crippen LogP contribution in [0.15, 0.2) is 42.5 Å². The second-order valence-electron chi connectivity index (χ2n) is 5.11. The zero-order chi connectivity index (χ0) is 15.8. The highest BCUT2D eigenvalue weighted by molar-refractivity contribution is 7.16. The number of ether oxygens (including phenoxy) is 1. The molecule has 23 heavy (non-hydrogen) atoms. The Morgan fingerprint density at radius 1 is 1.22 bits per heavy atom. The number of methoxy groups -OCH3 is 1. The van der Waals surface area contributed by atoms with Crippen LogP contribution < -0.4 is 0 Å². The maximum absolute atomic E-state index is 9.54. The van der Waals surface area contributed by atoms with Gasteiger partial charge in [-0.2, -0.15) is 14.9 Å². The fourth-order valence-electron chi connectivity index (χ4n) is 2.61. The standard InChI is InChI=1S/C17H12N4OS/c1-22-10-15-20-21-14(9-18)16(19-17(21)23-15)13-7-6-11-4-2-3-5-12(11)8-13/h2-8H,10H2,1H3. The van der Waals surface area contributed by atoms with Gasteiger partial charge in [0.05, 0.1) is 6.61 Å². The summed E-state index contributed by atoms with van der Waals surface area (Å²) < 4.78 is 6.69. The van der Waals surface area contributed by atoms with E-state index in [4.69, 9.17) is 4.74 Å². The van der Waals surface area contributed by atoms with Gasteiger partial charge in [0, 0.05) is 12.7 Å². The molecule has 0 fully saturated rings. The predicted molar refractivity (Wildman–Crippen MR) is 89.2 cm³/mol. The summed E-state index contributed by atoms with van der Waals surface area (Å²) in [6, 6.07) is 16.4. The van der Waals surface area contributed by atoms with Gasteiger partial charge in [0.15, 0.2) is 5.69 Å². The van der Waals surface area contributed by atoms with Crippen molar-refractivity contribution in [2.24, 2.45) is 0 Å². The number of benzene rings is 2. The quantitative estimate of drug-likeness (QED) is 0.578. The van der Waals surface area contributed by atoms with E-state index in [2.05, 4.69) is 34.4 Å². The molecule has 4 aromatic rings. The van der Waals surface area contributed by atoms with E-state index in [0.717, 1.165) is 21.3 Å². The normalized spacial score (nSPS) is 11.1. The van der Waals surface area contributed by atoms with Gasteiger partial charge >= 0.3 is 0 Å². The summed E-state index contributed by atoms with van der Waals surface area (Å²) in [5.41, 5.74) is 2.04. The number of rotatable bonds is 3. The van der Waals surface area contributed by atoms with E-state index in [1.54, 1.807) is 11.6 Å². The van der Waals surface area contributed by atoms with Crippen molar-refractivity contribution in [1.29, 1.82) is 5.26 Å². The molecule has 0 amide bonds. The lowest BCUT2D eigenvalue weighted by atomic mass is 10.0. The van der Waals surface area contributed by atoms with Crippen molar-refractivity contribution < 1.29 is 4.74 Å². The largest absolute Gasteiger partial charge is 0.377 e. The minimum atomic E-state index is 0.421. The summed E-state index contributed by atoms with van der Waals surface area (Å²) in [6.07, 6.45) is 0. The van der Waals surface area contributed by atoms with Gasteiger partial charge in [-0.25, -0.2) is 4.98 Å². The number of hydrogen-bond acceptors (Lipinski definition) is 5. The molecule has 0 aliphatic rings. The molecule has 0 radical (unpaired) electrons. The third-order valence-corrected chi connectivity index (χ3v) is 4.52. The fraction of sp³-hybridized carbons (Fsp3) is 0.118. The molecule has 112 valence electrons. The van der Waals surface area contributed by atoms with Crippen LogP contribution in [0.3, 0.4) is 0 Å². The van der Waals surface area contributed by atoms with Gasteiger partial charge in [-0.1, -0.05) is 47.7 Å². The number of imidazole rings is 1. The van der Waals surface area contributed by atoms with E-state index in [1.165, 1.54) is 11.3 Å². The summed E-state index contributed by atoms with van der Waals surface area (Å²) in [5, 5.41) is 17.0. The van der Waals surface area contributed by atoms with Gasteiger partial charge in [0.2, 0.25) is 4.96 Å². The van der Waals surface area contributed by atoms with Crippen LogP contribution in [-0.2, 0) is 11.3 Å². The Kier molecular flexibility index (Phi) is 3.30. The monoisotopic (exact) mass is 320 g/mol. The highest BCUT2D eigenvalue weighted by atomic mass is 32.1. The summed E-state index contributed by atoms with van der Waals surface area (Å²) >= 11 is 1.44. The van der Waals surface area contributed by atoms with E-state index in [0.29, 0.717) is 23.0 Å². The Labute approximate surface area is 136 Å². The van der Waals surface area contributed by atoms with Crippen LogP contribution in [0, 0.1) is 11.3 Å². The van der Waals surface area contributed by atoms with E-state index >= 15 is 0 Å². The lowest BCUT2D eigenvalue weighted by Crippen LogP contribution is -1.93. The minimum absolute atomic E-state index is 0.421. The summed E-state index contributed by atoms with van der Waals surface area (Å²) in [6.45, 7) is 0.421. The molecule has 0 aliphatic heterocycles. The zero-order valence-corrected chi connectivity index (χ0v) is 13.2. The third kappa shape index (κ3) is 2.27. The van der Waals surface area contributed by atoms with E-state index < -0.39 is 0 Å². The summed E-state index contributed by atoms with van der Waals surface area (Å²) in [5.74, 6) is 0. The van der Waals surface area contributed by atoms with Gasteiger partial charge in [-0.3, -0.25) is 0 Å². The van der Waals surface area contributed by atoms with Crippen LogP contribution in [0.1, 0.15) is 10.7 Å². The second kappa shape index (κ2) is 5.47. The molecule has 2 aromatic carbocycles. The topological polar surface area (TPSA) is 63.2 Å². The highest BCUT2D eigenvalue weighted by Gasteiger charge is 2.18. The Hall–Kier alpha value is -2.75. The first-order chi connectivity index (χ1) is 11.3. The summed E-state index contributed by atoms with van der Waals surface area (Å²) in [4.78, 5) is 5.31. The molecule has 0 atom stereocenters. The van der Waals surface area contributed by atoms with E-state index in [9.17, 15) is 5.26 Å². The van der Waals surface area contributed by atoms with E-state index in [1.807, 2.05) is 24.3 Å². The molecule has 0 spiro atoms. The van der Waals surface area contributed by atoms with Crippen LogP contribution in [0.5, 0.6) is 0 Å². The van der Waals surface area contributed by atoms with Crippen LogP contribution in [0.4, 0.5) is 0 Å². The zero-order valence-electron chi connectivity index (χ0n) is 12.4. The van der Waals surface area contributed by atoms with Crippen molar-refractivity contribution in [2.45, 2.75) is 6.61 Å². The number of aromatic nitrogens is 3. The minimum Gasteiger partial charge on any atom is -0.377 e. The van der Waals surface area contributed by atoms with Crippen molar-refractivity contribution in [1.82, 2.24) is 14.6 Å². The molecule has 0 unspecified atom stereocenters. The number of nitriles is 1. The predicted octanol–water partition coefficient (Wildman–Crippen LogP) is 3.63. The van der Waals surface area contributed by atoms with Crippen LogP contribution >= 0.6 is 11.3 Å². The van der Waals surface area contributed by atoms with Gasteiger partial charge < -0.3 is 4.74 Å². The number of fused-ring (bicyclic) bond motifs is 2. The van der Waals surface area contributed by atoms with Crippen molar-refractivity contribution in [2.75, 3.05) is 7.11 Å². The summed E-state index contributed by atoms with van der Waals surface area (Å²) in [7, 11) is 1.62. The van der Waals surface area contributed by atoms with Gasteiger partial charge in [-0.15, -0.1) is 0 Å². The fourth-order valence-corrected chi connectivity index (χ4v) is 3.47. The lowest BCUT2D eigenvalue weighted by molar-refractivity contribution is 0.183. The SMILES string of the molecule is COCc1nn2c(C#N)c(-c3ccc4ccccc4c3)nc2s1. The highest BCUT2D eigenvalue weighted by Crippen LogP contribution is 2.29. The number of nitrogens with zero attached hydrogens (tertiary/aromatic N) is 4. The average molecular weight is 320 g/mol. The molecule has 4 rings (SSSR count). The van der Waals surface area contributed by atoms with Crippen molar-refractivity contribution in [3.05, 3.63) is 53.2 Å². The third-order valence-electron chi connectivity index (χ3n) is 3.64. The molecule has 2 aromatic heterocycles. The number of hydrogen-bond donors (Lipinski definition) is 0. The van der Waals surface area contributed by atoms with Crippen LogP contribution in [-0.4, -0.2) is 21.7 Å². The first-order valence-electron chi connectivity index (χ1n) is 7.07. The molecule has 0 bridgehead atoms. The van der Waals surface area contributed by atoms with Crippen LogP contribution in [0.2, 0.25) is 0 Å². The Balaban J connectivity index is 1.89. The molecular weight excluding hydrogens is 308 g/mol. The molecular formula is C17H12N4OS. The Morgan fingerprint density at radius 3 is 2.83 bits per heavy atom. The Bertz CT molecular complexity index is 1060. The first kappa shape index (κ1) is 13.9. The molecule has 0 saturated carbocycles. The molecule has 6 heteroatoms. The maximum Gasteiger partial charge on any atom is 0.214 e. The lowest BCUT2D eigenvalue weighted by Gasteiger charge is -2.01. The molecule has 2 heterocycles. The van der Waals surface area contributed by atoms with Crippen molar-refractivity contribution in [3.8, 4) is 17.3 Å². The second-order valence-corrected chi connectivity index (χ2v) is 6.15. The smallest absolute Gasteiger partial charge is 0.214 e. The van der Waals surface area contributed by atoms with Gasteiger partial charge in [0.25, 0.3) is 0 Å². The molecule has 0 saturated heterocycles. The molecule has 0 aliphatic carbocycles. The Morgan fingerprint density at radius 2 is 2.04 bits per heavy atom. The molecule has 0 N–H and O–H groups in total. The first-order valence-corrected chi connectivity index (χ1v) is 7.88. The maximum atomic E-state index is 9.54. The van der Waals surface area contributed by atoms with Crippen molar-refractivity contribution in [3.63, 3.8) is 0 Å². The van der Waals surface area contributed by atoms with E-state index in [-0.39, 0.29) is 0 Å². The van der Waals surface area contributed by atoms with Crippen LogP contribution in [0.25, 0.3) is 27.0 Å². The van der Waals surface area contributed by atoms with Gasteiger partial charge in [0.1, 0.15) is 16.8 Å². The van der Waals surface area contributed by atoms with Gasteiger partial charge in [-0.05, 0) is 16.8 Å². The van der Waals surface area contributed by atoms with Crippen molar-refractivity contribution >= 4 is 27.1 Å². The molecule has 5 nitrogen and oxygen atoms in total.